The highest BCUT2D eigenvalue weighted by Crippen LogP contribution is 2.23. The van der Waals surface area contributed by atoms with Gasteiger partial charge in [-0.1, -0.05) is 78.9 Å². The number of hydrogen-bond acceptors (Lipinski definition) is 12. The van der Waals surface area contributed by atoms with Crippen molar-refractivity contribution in [2.24, 2.45) is 11.5 Å². The number of carbonyl (C=O) groups excluding carboxylic acids is 7. The Morgan fingerprint density at radius 2 is 1.31 bits per heavy atom. The van der Waals surface area contributed by atoms with Crippen LogP contribution in [0.3, 0.4) is 0 Å². The summed E-state index contributed by atoms with van der Waals surface area (Å²) in [5.41, 5.74) is 14.5. The predicted molar refractivity (Wildman–Crippen MR) is 262 cm³/mol. The normalized spacial score (nSPS) is 16.2. The number of carboxylic acid groups (broad SMARTS) is 2. The monoisotopic (exact) mass is 996 g/mol. The van der Waals surface area contributed by atoms with E-state index in [1.165, 1.54) is 11.8 Å². The maximum absolute atomic E-state index is 14.6. The molecular formula is C50H64N10O12. The topological polar surface area (TPSA) is 358 Å². The van der Waals surface area contributed by atoms with E-state index < -0.39 is 115 Å². The maximum Gasteiger partial charge on any atom is 0.328 e. The molecule has 2 heterocycles. The average Bonchev–Trinajstić information content (AvgIpc) is 4.02. The van der Waals surface area contributed by atoms with Crippen LogP contribution in [0, 0.1) is 0 Å². The third-order valence-electron chi connectivity index (χ3n) is 12.2. The number of carbonyl (C=O) groups is 9. The Kier molecular flexibility index (Phi) is 20.8. The molecule has 0 radical (unpaired) electrons. The Morgan fingerprint density at radius 3 is 1.94 bits per heavy atom. The molecule has 1 aromatic heterocycles. The van der Waals surface area contributed by atoms with E-state index in [1.807, 2.05) is 18.2 Å². The Morgan fingerprint density at radius 1 is 0.708 bits per heavy atom. The van der Waals surface area contributed by atoms with Crippen molar-refractivity contribution in [3.8, 4) is 0 Å². The number of aliphatic carboxylic acids is 2. The molecule has 1 fully saturated rings. The number of likely N-dealkylation sites (tertiary alicyclic amines) is 1. The van der Waals surface area contributed by atoms with Gasteiger partial charge in [-0.05, 0) is 74.8 Å². The quantitative estimate of drug-likeness (QED) is 0.0323. The van der Waals surface area contributed by atoms with E-state index in [-0.39, 0.29) is 45.2 Å². The zero-order chi connectivity index (χ0) is 52.3. The summed E-state index contributed by atoms with van der Waals surface area (Å²) >= 11 is 0. The van der Waals surface area contributed by atoms with Gasteiger partial charge < -0.3 is 68.6 Å². The first-order valence-corrected chi connectivity index (χ1v) is 23.8. The summed E-state index contributed by atoms with van der Waals surface area (Å²) in [6.45, 7) is 0.900. The highest BCUT2D eigenvalue weighted by atomic mass is 16.4. The number of nitrogens with zero attached hydrogens (tertiary/aromatic N) is 1. The third-order valence-corrected chi connectivity index (χ3v) is 12.2. The van der Waals surface area contributed by atoms with Crippen molar-refractivity contribution in [1.82, 2.24) is 41.8 Å². The number of carboxylic acids is 2. The summed E-state index contributed by atoms with van der Waals surface area (Å²) < 4.78 is 0. The molecule has 22 nitrogen and oxygen atoms in total. The molecule has 22 heteroatoms. The number of H-pyrrole nitrogens is 1. The van der Waals surface area contributed by atoms with Crippen molar-refractivity contribution >= 4 is 64.2 Å². The average molecular weight is 997 g/mol. The van der Waals surface area contributed by atoms with E-state index in [4.69, 9.17) is 11.5 Å². The van der Waals surface area contributed by atoms with E-state index >= 15 is 0 Å². The molecule has 0 aliphatic carbocycles. The van der Waals surface area contributed by atoms with Gasteiger partial charge in [0.05, 0.1) is 25.1 Å². The minimum absolute atomic E-state index is 0.0509. The number of rotatable bonds is 27. The number of para-hydroxylation sites is 1. The molecule has 1 aliphatic rings. The first-order chi connectivity index (χ1) is 34.4. The lowest BCUT2D eigenvalue weighted by Gasteiger charge is -2.30. The fourth-order valence-corrected chi connectivity index (χ4v) is 8.39. The molecule has 386 valence electrons. The zero-order valence-electron chi connectivity index (χ0n) is 39.9. The molecule has 0 bridgehead atoms. The van der Waals surface area contributed by atoms with Crippen LogP contribution in [0.2, 0.25) is 0 Å². The van der Waals surface area contributed by atoms with Gasteiger partial charge in [0.15, 0.2) is 6.04 Å². The van der Waals surface area contributed by atoms with E-state index in [0.717, 1.165) is 16.5 Å². The van der Waals surface area contributed by atoms with Gasteiger partial charge in [0.1, 0.15) is 30.2 Å². The van der Waals surface area contributed by atoms with Crippen molar-refractivity contribution in [1.29, 1.82) is 0 Å². The smallest absolute Gasteiger partial charge is 0.328 e. The second kappa shape index (κ2) is 27.1. The van der Waals surface area contributed by atoms with Crippen molar-refractivity contribution in [3.63, 3.8) is 0 Å². The van der Waals surface area contributed by atoms with Crippen LogP contribution in [-0.2, 0) is 62.4 Å². The van der Waals surface area contributed by atoms with Crippen molar-refractivity contribution in [2.75, 3.05) is 19.6 Å². The summed E-state index contributed by atoms with van der Waals surface area (Å²) in [6.07, 6.45) is 0.736. The fraction of sp³-hybridized carbons (Fsp3) is 0.420. The van der Waals surface area contributed by atoms with Crippen LogP contribution in [0.25, 0.3) is 10.9 Å². The summed E-state index contributed by atoms with van der Waals surface area (Å²) in [7, 11) is 0. The molecule has 14 N–H and O–H groups in total. The molecule has 1 saturated heterocycles. The van der Waals surface area contributed by atoms with Gasteiger partial charge in [-0.25, -0.2) is 4.79 Å². The van der Waals surface area contributed by atoms with Crippen molar-refractivity contribution in [2.45, 2.75) is 113 Å². The van der Waals surface area contributed by atoms with Gasteiger partial charge in [0.2, 0.25) is 41.4 Å². The summed E-state index contributed by atoms with van der Waals surface area (Å²) in [5.74, 6) is -8.56. The fourth-order valence-electron chi connectivity index (χ4n) is 8.39. The number of hydrogen-bond donors (Lipinski definition) is 12. The number of aromatic amines is 1. The van der Waals surface area contributed by atoms with Crippen LogP contribution >= 0.6 is 0 Å². The van der Waals surface area contributed by atoms with Gasteiger partial charge in [-0.15, -0.1) is 0 Å². The largest absolute Gasteiger partial charge is 0.481 e. The molecule has 72 heavy (non-hydrogen) atoms. The Labute approximate surface area is 415 Å². The number of aliphatic hydroxyl groups is 1. The minimum atomic E-state index is -1.67. The van der Waals surface area contributed by atoms with E-state index in [1.54, 1.807) is 72.9 Å². The molecule has 4 aromatic rings. The second-order valence-electron chi connectivity index (χ2n) is 17.7. The van der Waals surface area contributed by atoms with Gasteiger partial charge in [-0.3, -0.25) is 38.4 Å². The first kappa shape index (κ1) is 55.2. The van der Waals surface area contributed by atoms with Crippen LogP contribution in [0.1, 0.15) is 62.1 Å². The number of nitrogens with one attached hydrogen (secondary N) is 7. The summed E-state index contributed by atoms with van der Waals surface area (Å²) in [5, 5.41) is 45.1. The SMILES string of the molecule is C[C@@H](O)[C@H](NC(=O)[C@H](CCCCN)NC(=O)[C@H](Cc1ccccc1)NC(=O)CNC(=O)[C@@H]1CCCN1C(=O)[C@H](Cc1c[nH]c2ccccc12)NC(=O)[C@H](CC(=O)O)NC(=O)[C@@H](N)Cc1ccccc1)C(=O)O. The lowest BCUT2D eigenvalue weighted by atomic mass is 10.0. The number of benzene rings is 3. The lowest BCUT2D eigenvalue weighted by Crippen LogP contribution is -2.59. The van der Waals surface area contributed by atoms with Crippen molar-refractivity contribution in [3.05, 3.63) is 108 Å². The van der Waals surface area contributed by atoms with Crippen molar-refractivity contribution < 1.29 is 58.5 Å². The summed E-state index contributed by atoms with van der Waals surface area (Å²) in [6, 6.07) is 15.2. The molecule has 8 atom stereocenters. The molecule has 0 spiro atoms. The Bertz CT molecular complexity index is 2520. The Hall–Kier alpha value is -7.69. The molecule has 0 saturated carbocycles. The molecule has 7 amide bonds. The molecule has 5 rings (SSSR count). The van der Waals surface area contributed by atoms with Crippen LogP contribution in [0.4, 0.5) is 0 Å². The van der Waals surface area contributed by atoms with Crippen LogP contribution in [-0.4, -0.2) is 147 Å². The number of aliphatic hydroxyl groups excluding tert-OH is 1. The van der Waals surface area contributed by atoms with Crippen LogP contribution < -0.4 is 43.4 Å². The Balaban J connectivity index is 1.30. The number of fused-ring (bicyclic) bond motifs is 1. The molecule has 1 aliphatic heterocycles. The van der Waals surface area contributed by atoms with Gasteiger partial charge in [0.25, 0.3) is 0 Å². The van der Waals surface area contributed by atoms with Crippen LogP contribution in [0.15, 0.2) is 91.1 Å². The van der Waals surface area contributed by atoms with Gasteiger partial charge in [0, 0.05) is 36.5 Å². The number of amides is 7. The molecule has 3 aromatic carbocycles. The maximum atomic E-state index is 14.6. The van der Waals surface area contributed by atoms with Gasteiger partial charge in [-0.2, -0.15) is 0 Å². The number of aromatic nitrogens is 1. The highest BCUT2D eigenvalue weighted by molar-refractivity contribution is 5.98. The van der Waals surface area contributed by atoms with E-state index in [2.05, 4.69) is 36.9 Å². The summed E-state index contributed by atoms with van der Waals surface area (Å²) in [4.78, 5) is 125. The zero-order valence-corrected chi connectivity index (χ0v) is 39.9. The molecule has 0 unspecified atom stereocenters. The first-order valence-electron chi connectivity index (χ1n) is 23.8. The standard InChI is InChI=1S/C50H64N10O12/c1-29(61)43(50(71)72)59-45(66)36(19-10-11-21-51)56-46(67)37(24-31-15-6-3-7-16-31)55-41(62)28-54-48(69)40-20-12-22-60(40)49(70)39(25-32-27-53-35-18-9-8-17-33(32)35)58-47(68)38(26-42(63)64)57-44(65)34(52)23-30-13-4-2-5-14-30/h2-9,13-18,27,29,34,36-40,43,53,61H,10-12,19-26,28,51-52H2,1H3,(H,54,69)(H,55,62)(H,56,67)(H,57,65)(H,58,68)(H,59,66)(H,63,64)(H,71,72)/t29-,34+,36+,37+,38+,39+,40+,43+/m1/s1. The predicted octanol–water partition coefficient (Wildman–Crippen LogP) is -0.877. The van der Waals surface area contributed by atoms with E-state index in [9.17, 15) is 58.5 Å². The number of nitrogens with two attached hydrogens (primary N) is 2. The van der Waals surface area contributed by atoms with Crippen LogP contribution in [0.5, 0.6) is 0 Å². The van der Waals surface area contributed by atoms with Gasteiger partial charge >= 0.3 is 11.9 Å². The number of unbranched alkanes of at least 4 members (excludes halogenated alkanes) is 1. The lowest BCUT2D eigenvalue weighted by molar-refractivity contribution is -0.145. The highest BCUT2D eigenvalue weighted by Gasteiger charge is 2.40. The minimum Gasteiger partial charge on any atom is -0.481 e. The third kappa shape index (κ3) is 16.2. The molecular weight excluding hydrogens is 933 g/mol. The van der Waals surface area contributed by atoms with E-state index in [0.29, 0.717) is 30.4 Å². The second-order valence-corrected chi connectivity index (χ2v) is 17.7.